The van der Waals surface area contributed by atoms with Crippen LogP contribution < -0.4 is 10.1 Å². The molecule has 0 spiro atoms. The predicted octanol–water partition coefficient (Wildman–Crippen LogP) is 4.86. The minimum atomic E-state index is 0.272. The van der Waals surface area contributed by atoms with E-state index >= 15 is 0 Å². The molecule has 100 valence electrons. The predicted molar refractivity (Wildman–Crippen MR) is 88.8 cm³/mol. The van der Waals surface area contributed by atoms with Gasteiger partial charge < -0.3 is 10.1 Å². The molecule has 0 bridgehead atoms. The fourth-order valence-corrected chi connectivity index (χ4v) is 2.47. The summed E-state index contributed by atoms with van der Waals surface area (Å²) in [6.07, 6.45) is 0. The molecule has 3 heteroatoms. The highest BCUT2D eigenvalue weighted by atomic mass is 127. The quantitative estimate of drug-likeness (QED) is 0.762. The first-order valence-corrected chi connectivity index (χ1v) is 7.52. The fourth-order valence-electron chi connectivity index (χ4n) is 1.93. The summed E-state index contributed by atoms with van der Waals surface area (Å²) in [6.45, 7) is 4.86. The molecule has 2 rings (SSSR count). The van der Waals surface area contributed by atoms with Crippen LogP contribution in [0.2, 0.25) is 0 Å². The molecule has 0 amide bonds. The van der Waals surface area contributed by atoms with E-state index in [1.807, 2.05) is 19.1 Å². The zero-order valence-electron chi connectivity index (χ0n) is 11.2. The van der Waals surface area contributed by atoms with Gasteiger partial charge in [0.05, 0.1) is 6.61 Å². The molecule has 1 atom stereocenters. The van der Waals surface area contributed by atoms with Gasteiger partial charge in [0, 0.05) is 15.3 Å². The van der Waals surface area contributed by atoms with Crippen molar-refractivity contribution in [1.29, 1.82) is 0 Å². The lowest BCUT2D eigenvalue weighted by atomic mass is 10.1. The van der Waals surface area contributed by atoms with Crippen molar-refractivity contribution in [2.24, 2.45) is 0 Å². The molecule has 0 heterocycles. The molecule has 0 aliphatic carbocycles. The second-order valence-corrected chi connectivity index (χ2v) is 5.62. The highest BCUT2D eigenvalue weighted by Gasteiger charge is 2.05. The lowest BCUT2D eigenvalue weighted by molar-refractivity contribution is 0.340. The van der Waals surface area contributed by atoms with E-state index in [4.69, 9.17) is 4.74 Å². The Kier molecular flexibility index (Phi) is 5.07. The number of hydrogen-bond donors (Lipinski definition) is 1. The Bertz CT molecular complexity index is 525. The third-order valence-electron chi connectivity index (χ3n) is 2.90. The molecule has 0 aliphatic rings. The van der Waals surface area contributed by atoms with E-state index in [-0.39, 0.29) is 6.04 Å². The van der Waals surface area contributed by atoms with E-state index in [0.29, 0.717) is 6.61 Å². The second-order valence-electron chi connectivity index (χ2n) is 4.38. The van der Waals surface area contributed by atoms with Crippen molar-refractivity contribution < 1.29 is 4.74 Å². The monoisotopic (exact) mass is 367 g/mol. The van der Waals surface area contributed by atoms with Crippen LogP contribution in [0.5, 0.6) is 5.75 Å². The molecule has 2 aromatic carbocycles. The Morgan fingerprint density at radius 1 is 1.16 bits per heavy atom. The molecule has 2 nitrogen and oxygen atoms in total. The van der Waals surface area contributed by atoms with Gasteiger partial charge in [-0.2, -0.15) is 0 Å². The van der Waals surface area contributed by atoms with Crippen molar-refractivity contribution in [1.82, 2.24) is 0 Å². The number of nitrogens with one attached hydrogen (secondary N) is 1. The summed E-state index contributed by atoms with van der Waals surface area (Å²) in [5, 5.41) is 3.50. The normalized spacial score (nSPS) is 11.9. The molecule has 0 radical (unpaired) electrons. The minimum absolute atomic E-state index is 0.272. The Hall–Kier alpha value is -1.23. The largest absolute Gasteiger partial charge is 0.494 e. The van der Waals surface area contributed by atoms with Crippen LogP contribution in [-0.4, -0.2) is 6.61 Å². The maximum Gasteiger partial charge on any atom is 0.119 e. The number of anilines is 1. The van der Waals surface area contributed by atoms with Crippen LogP contribution in [0, 0.1) is 3.57 Å². The van der Waals surface area contributed by atoms with Gasteiger partial charge in [0.1, 0.15) is 5.75 Å². The Labute approximate surface area is 128 Å². The van der Waals surface area contributed by atoms with E-state index in [0.717, 1.165) is 11.4 Å². The third kappa shape index (κ3) is 4.13. The summed E-state index contributed by atoms with van der Waals surface area (Å²) in [4.78, 5) is 0. The SMILES string of the molecule is CCOc1ccc(C(C)Nc2cccc(I)c2)cc1. The van der Waals surface area contributed by atoms with Crippen LogP contribution in [0.1, 0.15) is 25.5 Å². The van der Waals surface area contributed by atoms with Gasteiger partial charge in [-0.15, -0.1) is 0 Å². The molecule has 19 heavy (non-hydrogen) atoms. The Morgan fingerprint density at radius 2 is 1.89 bits per heavy atom. The van der Waals surface area contributed by atoms with Gasteiger partial charge in [-0.25, -0.2) is 0 Å². The molecule has 1 N–H and O–H groups in total. The molecule has 2 aromatic rings. The van der Waals surface area contributed by atoms with Crippen molar-refractivity contribution in [2.45, 2.75) is 19.9 Å². The summed E-state index contributed by atoms with van der Waals surface area (Å²) in [7, 11) is 0. The zero-order chi connectivity index (χ0) is 13.7. The topological polar surface area (TPSA) is 21.3 Å². The number of ether oxygens (including phenoxy) is 1. The highest BCUT2D eigenvalue weighted by molar-refractivity contribution is 14.1. The average Bonchev–Trinajstić information content (AvgIpc) is 2.40. The molecule has 0 saturated heterocycles. The standard InChI is InChI=1S/C16H18INO/c1-3-19-16-9-7-13(8-10-16)12(2)18-15-6-4-5-14(17)11-15/h4-12,18H,3H2,1-2H3. The summed E-state index contributed by atoms with van der Waals surface area (Å²) < 4.78 is 6.69. The van der Waals surface area contributed by atoms with Gasteiger partial charge in [-0.1, -0.05) is 18.2 Å². The van der Waals surface area contributed by atoms with Crippen molar-refractivity contribution in [3.8, 4) is 5.75 Å². The van der Waals surface area contributed by atoms with Crippen LogP contribution >= 0.6 is 22.6 Å². The fraction of sp³-hybridized carbons (Fsp3) is 0.250. The number of rotatable bonds is 5. The maximum absolute atomic E-state index is 5.45. The Balaban J connectivity index is 2.05. The van der Waals surface area contributed by atoms with Crippen molar-refractivity contribution in [2.75, 3.05) is 11.9 Å². The van der Waals surface area contributed by atoms with E-state index < -0.39 is 0 Å². The van der Waals surface area contributed by atoms with Crippen molar-refractivity contribution in [3.05, 3.63) is 57.7 Å². The van der Waals surface area contributed by atoms with Crippen molar-refractivity contribution >= 4 is 28.3 Å². The summed E-state index contributed by atoms with van der Waals surface area (Å²) in [6, 6.07) is 16.9. The lowest BCUT2D eigenvalue weighted by Gasteiger charge is -2.16. The Morgan fingerprint density at radius 3 is 2.53 bits per heavy atom. The van der Waals surface area contributed by atoms with Crippen LogP contribution in [0.15, 0.2) is 48.5 Å². The molecule has 0 aromatic heterocycles. The van der Waals surface area contributed by atoms with Gasteiger partial charge >= 0.3 is 0 Å². The second kappa shape index (κ2) is 6.80. The van der Waals surface area contributed by atoms with E-state index in [9.17, 15) is 0 Å². The van der Waals surface area contributed by atoms with Gasteiger partial charge in [0.15, 0.2) is 0 Å². The summed E-state index contributed by atoms with van der Waals surface area (Å²) in [5.74, 6) is 0.924. The van der Waals surface area contributed by atoms with Crippen molar-refractivity contribution in [3.63, 3.8) is 0 Å². The molecule has 1 unspecified atom stereocenters. The van der Waals surface area contributed by atoms with E-state index in [2.05, 4.69) is 71.2 Å². The first kappa shape index (κ1) is 14.2. The zero-order valence-corrected chi connectivity index (χ0v) is 13.3. The van der Waals surface area contributed by atoms with Crippen LogP contribution in [0.3, 0.4) is 0 Å². The summed E-state index contributed by atoms with van der Waals surface area (Å²) in [5.41, 5.74) is 2.40. The van der Waals surface area contributed by atoms with Gasteiger partial charge in [-0.05, 0) is 72.3 Å². The number of halogens is 1. The van der Waals surface area contributed by atoms with Gasteiger partial charge in [0.2, 0.25) is 0 Å². The first-order chi connectivity index (χ1) is 9.19. The maximum atomic E-state index is 5.45. The third-order valence-corrected chi connectivity index (χ3v) is 3.57. The molecular formula is C16H18INO. The molecule has 0 saturated carbocycles. The minimum Gasteiger partial charge on any atom is -0.494 e. The summed E-state index contributed by atoms with van der Waals surface area (Å²) >= 11 is 2.32. The van der Waals surface area contributed by atoms with E-state index in [1.165, 1.54) is 9.13 Å². The van der Waals surface area contributed by atoms with Crippen LogP contribution in [0.25, 0.3) is 0 Å². The smallest absolute Gasteiger partial charge is 0.119 e. The lowest BCUT2D eigenvalue weighted by Crippen LogP contribution is -2.06. The average molecular weight is 367 g/mol. The highest BCUT2D eigenvalue weighted by Crippen LogP contribution is 2.22. The number of benzene rings is 2. The number of hydrogen-bond acceptors (Lipinski definition) is 2. The van der Waals surface area contributed by atoms with Crippen LogP contribution in [0.4, 0.5) is 5.69 Å². The van der Waals surface area contributed by atoms with Crippen LogP contribution in [-0.2, 0) is 0 Å². The molecule has 0 fully saturated rings. The van der Waals surface area contributed by atoms with Gasteiger partial charge in [0.25, 0.3) is 0 Å². The molecular weight excluding hydrogens is 349 g/mol. The van der Waals surface area contributed by atoms with Gasteiger partial charge in [-0.3, -0.25) is 0 Å². The first-order valence-electron chi connectivity index (χ1n) is 6.44. The molecule has 0 aliphatic heterocycles. The van der Waals surface area contributed by atoms with E-state index in [1.54, 1.807) is 0 Å².